The summed E-state index contributed by atoms with van der Waals surface area (Å²) >= 11 is 6.09. The molecule has 0 radical (unpaired) electrons. The van der Waals surface area contributed by atoms with Crippen LogP contribution in [0.5, 0.6) is 5.75 Å². The highest BCUT2D eigenvalue weighted by molar-refractivity contribution is 6.46. The molecular formula is C28H35ClN2O4. The van der Waals surface area contributed by atoms with Crippen molar-refractivity contribution in [2.45, 2.75) is 40.7 Å². The molecule has 1 heterocycles. The minimum absolute atomic E-state index is 0.0119. The van der Waals surface area contributed by atoms with Crippen LogP contribution in [-0.4, -0.2) is 49.4 Å². The van der Waals surface area contributed by atoms with E-state index in [4.69, 9.17) is 16.3 Å². The van der Waals surface area contributed by atoms with E-state index in [0.717, 1.165) is 18.7 Å². The van der Waals surface area contributed by atoms with E-state index in [-0.39, 0.29) is 5.57 Å². The highest BCUT2D eigenvalue weighted by atomic mass is 35.5. The molecule has 6 nitrogen and oxygen atoms in total. The Labute approximate surface area is 213 Å². The van der Waals surface area contributed by atoms with Crippen LogP contribution in [0.25, 0.3) is 5.76 Å². The van der Waals surface area contributed by atoms with E-state index in [2.05, 4.69) is 27.7 Å². The molecule has 188 valence electrons. The van der Waals surface area contributed by atoms with Crippen LogP contribution in [0.3, 0.4) is 0 Å². The lowest BCUT2D eigenvalue weighted by molar-refractivity contribution is -0.895. The lowest BCUT2D eigenvalue weighted by Gasteiger charge is -2.28. The van der Waals surface area contributed by atoms with Gasteiger partial charge in [-0.05, 0) is 67.6 Å². The second-order valence-electron chi connectivity index (χ2n) is 9.42. The van der Waals surface area contributed by atoms with Gasteiger partial charge in [0, 0.05) is 10.6 Å². The Hall–Kier alpha value is -2.83. The molecule has 1 amide bonds. The highest BCUT2D eigenvalue weighted by Crippen LogP contribution is 2.39. The van der Waals surface area contributed by atoms with Gasteiger partial charge in [0.05, 0.1) is 38.8 Å². The number of nitrogens with zero attached hydrogens (tertiary/aromatic N) is 1. The Morgan fingerprint density at radius 3 is 2.34 bits per heavy atom. The molecular weight excluding hydrogens is 464 g/mol. The first-order chi connectivity index (χ1) is 16.7. The van der Waals surface area contributed by atoms with Gasteiger partial charge >= 0.3 is 0 Å². The number of hydrogen-bond acceptors (Lipinski definition) is 4. The fourth-order valence-corrected chi connectivity index (χ4v) is 4.47. The predicted octanol–water partition coefficient (Wildman–Crippen LogP) is 2.83. The molecule has 1 aliphatic heterocycles. The van der Waals surface area contributed by atoms with Crippen molar-refractivity contribution in [3.63, 3.8) is 0 Å². The van der Waals surface area contributed by atoms with Crippen molar-refractivity contribution in [3.05, 3.63) is 69.8 Å². The highest BCUT2D eigenvalue weighted by Gasteiger charge is 2.44. The summed E-state index contributed by atoms with van der Waals surface area (Å²) in [6, 6.07) is 11.4. The standard InChI is InChI=1S/C28H35ClN2O4/c1-6-30(7-2)14-15-31-25(20-8-11-22(29)12-9-20)24(27(33)28(31)34)26(32)21-10-13-23(19(5)16-21)35-17-18(3)4/h8-13,16,18,25,32H,6-7,14-15,17H2,1-5H3. The number of quaternary nitrogens is 1. The Morgan fingerprint density at radius 1 is 1.11 bits per heavy atom. The summed E-state index contributed by atoms with van der Waals surface area (Å²) in [6.07, 6.45) is 0. The minimum Gasteiger partial charge on any atom is -0.872 e. The van der Waals surface area contributed by atoms with Gasteiger partial charge in [-0.1, -0.05) is 49.4 Å². The molecule has 1 aliphatic rings. The summed E-state index contributed by atoms with van der Waals surface area (Å²) < 4.78 is 5.83. The van der Waals surface area contributed by atoms with Crippen molar-refractivity contribution in [3.8, 4) is 5.75 Å². The molecule has 1 saturated heterocycles. The summed E-state index contributed by atoms with van der Waals surface area (Å²) in [7, 11) is 0. The molecule has 0 aromatic heterocycles. The number of aryl methyl sites for hydroxylation is 1. The topological polar surface area (TPSA) is 74.1 Å². The Bertz CT molecular complexity index is 1090. The number of hydrogen-bond donors (Lipinski definition) is 1. The molecule has 2 aromatic carbocycles. The molecule has 3 rings (SSSR count). The van der Waals surface area contributed by atoms with Gasteiger partial charge in [0.25, 0.3) is 5.91 Å². The molecule has 0 saturated carbocycles. The van der Waals surface area contributed by atoms with E-state index >= 15 is 0 Å². The van der Waals surface area contributed by atoms with Gasteiger partial charge in [0.1, 0.15) is 5.75 Å². The zero-order chi connectivity index (χ0) is 25.7. The lowest BCUT2D eigenvalue weighted by Crippen LogP contribution is -3.12. The smallest absolute Gasteiger partial charge is 0.295 e. The number of carbonyl (C=O) groups is 2. The molecule has 2 aromatic rings. The first-order valence-corrected chi connectivity index (χ1v) is 12.6. The number of likely N-dealkylation sites (tertiary alicyclic amines) is 1. The van der Waals surface area contributed by atoms with Crippen molar-refractivity contribution in [2.24, 2.45) is 5.92 Å². The molecule has 0 aliphatic carbocycles. The van der Waals surface area contributed by atoms with Crippen molar-refractivity contribution in [2.75, 3.05) is 32.8 Å². The predicted molar refractivity (Wildman–Crippen MR) is 136 cm³/mol. The van der Waals surface area contributed by atoms with Gasteiger partial charge in [-0.2, -0.15) is 0 Å². The van der Waals surface area contributed by atoms with E-state index in [1.54, 1.807) is 42.5 Å². The van der Waals surface area contributed by atoms with Gasteiger partial charge in [0.2, 0.25) is 5.78 Å². The van der Waals surface area contributed by atoms with Crippen LogP contribution in [-0.2, 0) is 9.59 Å². The molecule has 1 unspecified atom stereocenters. The van der Waals surface area contributed by atoms with E-state index in [1.807, 2.05) is 6.92 Å². The fourth-order valence-electron chi connectivity index (χ4n) is 4.34. The number of Topliss-reactive ketones (excluding diaryl/α,β-unsaturated/α-hetero) is 1. The maximum Gasteiger partial charge on any atom is 0.295 e. The van der Waals surface area contributed by atoms with Crippen LogP contribution < -0.4 is 14.7 Å². The third-order valence-electron chi connectivity index (χ3n) is 6.43. The zero-order valence-corrected chi connectivity index (χ0v) is 21.9. The van der Waals surface area contributed by atoms with Crippen LogP contribution in [0.2, 0.25) is 5.02 Å². The van der Waals surface area contributed by atoms with Gasteiger partial charge in [-0.3, -0.25) is 9.59 Å². The largest absolute Gasteiger partial charge is 0.872 e. The maximum absolute atomic E-state index is 13.7. The first-order valence-electron chi connectivity index (χ1n) is 12.3. The van der Waals surface area contributed by atoms with E-state index in [9.17, 15) is 14.7 Å². The number of ether oxygens (including phenoxy) is 1. The summed E-state index contributed by atoms with van der Waals surface area (Å²) in [4.78, 5) is 29.1. The lowest BCUT2D eigenvalue weighted by atomic mass is 9.95. The number of benzene rings is 2. The average molecular weight is 499 g/mol. The van der Waals surface area contributed by atoms with Crippen LogP contribution >= 0.6 is 11.6 Å². The fraction of sp³-hybridized carbons (Fsp3) is 0.429. The van der Waals surface area contributed by atoms with Gasteiger partial charge in [-0.15, -0.1) is 0 Å². The van der Waals surface area contributed by atoms with E-state index in [0.29, 0.717) is 47.5 Å². The maximum atomic E-state index is 13.7. The third-order valence-corrected chi connectivity index (χ3v) is 6.68. The summed E-state index contributed by atoms with van der Waals surface area (Å²) in [5.41, 5.74) is 1.85. The van der Waals surface area contributed by atoms with Gasteiger partial charge in [-0.25, -0.2) is 0 Å². The van der Waals surface area contributed by atoms with Crippen molar-refractivity contribution < 1.29 is 24.3 Å². The van der Waals surface area contributed by atoms with Crippen LogP contribution in [0.15, 0.2) is 48.0 Å². The number of nitrogens with one attached hydrogen (secondary N) is 1. The van der Waals surface area contributed by atoms with Crippen molar-refractivity contribution in [1.82, 2.24) is 4.90 Å². The second kappa shape index (κ2) is 11.7. The van der Waals surface area contributed by atoms with Gasteiger partial charge in [0.15, 0.2) is 0 Å². The van der Waals surface area contributed by atoms with Crippen molar-refractivity contribution >= 4 is 29.1 Å². The normalized spacial score (nSPS) is 17.6. The number of carbonyl (C=O) groups excluding carboxylic acids is 2. The zero-order valence-electron chi connectivity index (χ0n) is 21.2. The molecule has 1 N–H and O–H groups in total. The van der Waals surface area contributed by atoms with Crippen LogP contribution in [0.4, 0.5) is 0 Å². The number of halogens is 1. The summed E-state index contributed by atoms with van der Waals surface area (Å²) in [5, 5.41) is 14.2. The monoisotopic (exact) mass is 498 g/mol. The Kier molecular flexibility index (Phi) is 8.98. The minimum atomic E-state index is -0.744. The SMILES string of the molecule is CC[NH+](CC)CCN1C(=O)C(=O)C(=C([O-])c2ccc(OCC(C)C)c(C)c2)C1c1ccc(Cl)cc1. The average Bonchev–Trinajstić information content (AvgIpc) is 3.08. The quantitative estimate of drug-likeness (QED) is 0.310. The number of amides is 1. The number of rotatable bonds is 10. The Balaban J connectivity index is 2.04. The van der Waals surface area contributed by atoms with Crippen LogP contribution in [0.1, 0.15) is 50.4 Å². The van der Waals surface area contributed by atoms with Crippen molar-refractivity contribution in [1.29, 1.82) is 0 Å². The molecule has 0 bridgehead atoms. The van der Waals surface area contributed by atoms with Gasteiger partial charge < -0.3 is 19.6 Å². The third kappa shape index (κ3) is 6.06. The van der Waals surface area contributed by atoms with Crippen LogP contribution in [0, 0.1) is 12.8 Å². The summed E-state index contributed by atoms with van der Waals surface area (Å²) in [6.45, 7) is 13.7. The number of likely N-dealkylation sites (N-methyl/N-ethyl adjacent to an activating group) is 1. The molecule has 35 heavy (non-hydrogen) atoms. The Morgan fingerprint density at radius 2 is 1.77 bits per heavy atom. The number of ketones is 1. The second-order valence-corrected chi connectivity index (χ2v) is 9.85. The molecule has 0 spiro atoms. The summed E-state index contributed by atoms with van der Waals surface area (Å²) in [5.74, 6) is -0.722. The molecule has 1 fully saturated rings. The van der Waals surface area contributed by atoms with E-state index in [1.165, 1.54) is 9.80 Å². The molecule has 1 atom stereocenters. The first kappa shape index (κ1) is 26.8. The van der Waals surface area contributed by atoms with E-state index < -0.39 is 23.5 Å². The molecule has 7 heteroatoms.